The SMILES string of the molecule is C=NNC(=C)I. The number of nitrogens with one attached hydrogen (secondary N) is 1. The molecular weight excluding hydrogens is 191 g/mol. The summed E-state index contributed by atoms with van der Waals surface area (Å²) in [4.78, 5) is 0. The molecule has 0 aliphatic heterocycles. The predicted molar refractivity (Wildman–Crippen MR) is 35.8 cm³/mol. The van der Waals surface area contributed by atoms with Gasteiger partial charge in [-0.1, -0.05) is 6.58 Å². The molecule has 2 nitrogen and oxygen atoms in total. The summed E-state index contributed by atoms with van der Waals surface area (Å²) in [6.45, 7) is 6.66. The van der Waals surface area contributed by atoms with Crippen molar-refractivity contribution in [2.75, 3.05) is 0 Å². The van der Waals surface area contributed by atoms with Crippen LogP contribution < -0.4 is 5.43 Å². The first-order valence-corrected chi connectivity index (χ1v) is 2.41. The van der Waals surface area contributed by atoms with Gasteiger partial charge in [0.25, 0.3) is 0 Å². The first-order valence-electron chi connectivity index (χ1n) is 1.33. The molecule has 0 heterocycles. The molecule has 0 atom stereocenters. The molecule has 34 valence electrons. The van der Waals surface area contributed by atoms with Gasteiger partial charge >= 0.3 is 0 Å². The summed E-state index contributed by atoms with van der Waals surface area (Å²) in [6, 6.07) is 0. The molecule has 1 N–H and O–H groups in total. The van der Waals surface area contributed by atoms with Crippen LogP contribution in [-0.4, -0.2) is 6.72 Å². The Bertz CT molecular complexity index is 69.2. The van der Waals surface area contributed by atoms with Crippen molar-refractivity contribution in [3.05, 3.63) is 10.3 Å². The third kappa shape index (κ3) is 3.94. The van der Waals surface area contributed by atoms with Crippen molar-refractivity contribution in [2.45, 2.75) is 0 Å². The van der Waals surface area contributed by atoms with E-state index in [9.17, 15) is 0 Å². The van der Waals surface area contributed by atoms with Crippen molar-refractivity contribution in [2.24, 2.45) is 5.10 Å². The second-order valence-electron chi connectivity index (χ2n) is 0.675. The van der Waals surface area contributed by atoms with E-state index in [-0.39, 0.29) is 0 Å². The topological polar surface area (TPSA) is 24.4 Å². The third-order valence-electron chi connectivity index (χ3n) is 0.200. The molecule has 0 fully saturated rings. The number of hydrogen-bond acceptors (Lipinski definition) is 2. The van der Waals surface area contributed by atoms with Crippen molar-refractivity contribution in [1.82, 2.24) is 5.43 Å². The Morgan fingerprint density at radius 3 is 2.33 bits per heavy atom. The fraction of sp³-hybridized carbons (Fsp3) is 0. The van der Waals surface area contributed by atoms with E-state index < -0.39 is 0 Å². The van der Waals surface area contributed by atoms with Gasteiger partial charge in [0, 0.05) is 6.72 Å². The van der Waals surface area contributed by atoms with Gasteiger partial charge in [-0.25, -0.2) is 0 Å². The highest BCUT2D eigenvalue weighted by molar-refractivity contribution is 14.1. The molecule has 0 bridgehead atoms. The normalized spacial score (nSPS) is 6.83. The van der Waals surface area contributed by atoms with Crippen LogP contribution in [0.15, 0.2) is 15.4 Å². The fourth-order valence-corrected chi connectivity index (χ4v) is 0.256. The predicted octanol–water partition coefficient (Wildman–Crippen LogP) is 1.10. The van der Waals surface area contributed by atoms with Gasteiger partial charge in [0.15, 0.2) is 0 Å². The second-order valence-corrected chi connectivity index (χ2v) is 1.98. The maximum absolute atomic E-state index is 3.49. The minimum Gasteiger partial charge on any atom is -0.274 e. The standard InChI is InChI=1S/C3H5IN2/c1-3(4)6-5-2/h6H,1-2H2. The van der Waals surface area contributed by atoms with Gasteiger partial charge in [-0.2, -0.15) is 5.10 Å². The van der Waals surface area contributed by atoms with Crippen molar-refractivity contribution in [1.29, 1.82) is 0 Å². The zero-order chi connectivity index (χ0) is 4.99. The van der Waals surface area contributed by atoms with Crippen LogP contribution in [0.5, 0.6) is 0 Å². The van der Waals surface area contributed by atoms with Gasteiger partial charge in [-0.15, -0.1) is 0 Å². The highest BCUT2D eigenvalue weighted by atomic mass is 127. The van der Waals surface area contributed by atoms with E-state index in [0.29, 0.717) is 0 Å². The first-order chi connectivity index (χ1) is 2.77. The third-order valence-corrected chi connectivity index (χ3v) is 0.442. The smallest absolute Gasteiger partial charge is 0.0869 e. The maximum atomic E-state index is 3.49. The molecule has 0 saturated carbocycles. The molecule has 0 aliphatic rings. The number of nitrogens with zero attached hydrogens (tertiary/aromatic N) is 1. The average Bonchev–Trinajstić information content (AvgIpc) is 1.35. The molecule has 0 aromatic rings. The molecular formula is C3H5IN2. The molecule has 6 heavy (non-hydrogen) atoms. The van der Waals surface area contributed by atoms with Crippen molar-refractivity contribution >= 4 is 29.3 Å². The molecule has 0 aromatic heterocycles. The molecule has 0 spiro atoms. The summed E-state index contributed by atoms with van der Waals surface area (Å²) in [5.74, 6) is 0. The van der Waals surface area contributed by atoms with Crippen LogP contribution in [0.3, 0.4) is 0 Å². The number of hydrazone groups is 1. The van der Waals surface area contributed by atoms with E-state index in [1.54, 1.807) is 0 Å². The minimum atomic E-state index is 0.780. The molecule has 3 heteroatoms. The summed E-state index contributed by atoms with van der Waals surface area (Å²) in [5.41, 5.74) is 2.51. The van der Waals surface area contributed by atoms with Gasteiger partial charge in [-0.3, -0.25) is 5.43 Å². The zero-order valence-corrected chi connectivity index (χ0v) is 5.40. The average molecular weight is 196 g/mol. The molecule has 0 amide bonds. The molecule has 0 radical (unpaired) electrons. The number of rotatable bonds is 2. The lowest BCUT2D eigenvalue weighted by Gasteiger charge is -1.87. The minimum absolute atomic E-state index is 0.780. The lowest BCUT2D eigenvalue weighted by Crippen LogP contribution is -1.93. The maximum Gasteiger partial charge on any atom is 0.0869 e. The summed E-state index contributed by atoms with van der Waals surface area (Å²) >= 11 is 2.00. The fourth-order valence-electron chi connectivity index (χ4n) is 0.0858. The quantitative estimate of drug-likeness (QED) is 0.304. The zero-order valence-electron chi connectivity index (χ0n) is 3.24. The van der Waals surface area contributed by atoms with Crippen LogP contribution in [0.4, 0.5) is 0 Å². The van der Waals surface area contributed by atoms with E-state index in [2.05, 4.69) is 23.8 Å². The molecule has 0 rings (SSSR count). The Morgan fingerprint density at radius 1 is 1.83 bits per heavy atom. The molecule has 0 aliphatic carbocycles. The van der Waals surface area contributed by atoms with E-state index in [1.165, 1.54) is 0 Å². The van der Waals surface area contributed by atoms with Crippen molar-refractivity contribution in [3.8, 4) is 0 Å². The number of hydrogen-bond donors (Lipinski definition) is 1. The van der Waals surface area contributed by atoms with Gasteiger partial charge in [0.05, 0.1) is 3.70 Å². The van der Waals surface area contributed by atoms with E-state index in [4.69, 9.17) is 0 Å². The van der Waals surface area contributed by atoms with Crippen LogP contribution in [0, 0.1) is 0 Å². The lowest BCUT2D eigenvalue weighted by atomic mass is 11.1. The van der Waals surface area contributed by atoms with Gasteiger partial charge in [0.2, 0.25) is 0 Å². The highest BCUT2D eigenvalue weighted by Gasteiger charge is 1.70. The van der Waals surface area contributed by atoms with Crippen LogP contribution in [0.25, 0.3) is 0 Å². The van der Waals surface area contributed by atoms with Gasteiger partial charge < -0.3 is 0 Å². The monoisotopic (exact) mass is 196 g/mol. The Kier molecular flexibility index (Phi) is 3.11. The largest absolute Gasteiger partial charge is 0.274 e. The van der Waals surface area contributed by atoms with Crippen LogP contribution in [0.1, 0.15) is 0 Å². The molecule has 0 aromatic carbocycles. The Hall–Kier alpha value is -0.0600. The Balaban J connectivity index is 3.05. The van der Waals surface area contributed by atoms with Gasteiger partial charge in [0.1, 0.15) is 0 Å². The van der Waals surface area contributed by atoms with Crippen LogP contribution >= 0.6 is 22.6 Å². The Labute approximate surface area is 50.5 Å². The van der Waals surface area contributed by atoms with Crippen LogP contribution in [0.2, 0.25) is 0 Å². The van der Waals surface area contributed by atoms with Crippen LogP contribution in [-0.2, 0) is 0 Å². The van der Waals surface area contributed by atoms with Gasteiger partial charge in [-0.05, 0) is 22.6 Å². The lowest BCUT2D eigenvalue weighted by molar-refractivity contribution is 0.978. The molecule has 0 unspecified atom stereocenters. The first kappa shape index (κ1) is 5.94. The second kappa shape index (κ2) is 3.14. The summed E-state index contributed by atoms with van der Waals surface area (Å²) in [5, 5.41) is 3.33. The van der Waals surface area contributed by atoms with Crippen molar-refractivity contribution in [3.63, 3.8) is 0 Å². The highest BCUT2D eigenvalue weighted by Crippen LogP contribution is 1.92. The van der Waals surface area contributed by atoms with E-state index >= 15 is 0 Å². The van der Waals surface area contributed by atoms with Crippen molar-refractivity contribution < 1.29 is 0 Å². The summed E-state index contributed by atoms with van der Waals surface area (Å²) in [6.07, 6.45) is 0. The van der Waals surface area contributed by atoms with E-state index in [1.807, 2.05) is 22.6 Å². The molecule has 0 saturated heterocycles. The number of halogens is 1. The Morgan fingerprint density at radius 2 is 2.33 bits per heavy atom. The summed E-state index contributed by atoms with van der Waals surface area (Å²) in [7, 11) is 0. The summed E-state index contributed by atoms with van der Waals surface area (Å²) < 4.78 is 0.780. The van der Waals surface area contributed by atoms with E-state index in [0.717, 1.165) is 3.70 Å².